The van der Waals surface area contributed by atoms with Crippen molar-refractivity contribution in [1.29, 1.82) is 0 Å². The Balaban J connectivity index is 1.71. The third kappa shape index (κ3) is 4.12. The third-order valence-corrected chi connectivity index (χ3v) is 6.56. The Labute approximate surface area is 204 Å². The third-order valence-electron chi connectivity index (χ3n) is 5.62. The van der Waals surface area contributed by atoms with E-state index in [-0.39, 0.29) is 22.3 Å². The highest BCUT2D eigenvalue weighted by Crippen LogP contribution is 2.43. The summed E-state index contributed by atoms with van der Waals surface area (Å²) in [5.74, 6) is -0.239. The molecule has 2 aromatic carbocycles. The molecule has 35 heavy (non-hydrogen) atoms. The van der Waals surface area contributed by atoms with Crippen LogP contribution in [0, 0.1) is 11.7 Å². The lowest BCUT2D eigenvalue weighted by Crippen LogP contribution is -2.29. The van der Waals surface area contributed by atoms with Gasteiger partial charge in [-0.3, -0.25) is 14.5 Å². The first-order chi connectivity index (χ1) is 16.9. The fourth-order valence-corrected chi connectivity index (χ4v) is 5.24. The van der Waals surface area contributed by atoms with Crippen LogP contribution in [-0.4, -0.2) is 22.7 Å². The summed E-state index contributed by atoms with van der Waals surface area (Å²) in [5, 5.41) is 9.73. The van der Waals surface area contributed by atoms with Crippen LogP contribution in [0.5, 0.6) is 5.75 Å². The first-order valence-electron chi connectivity index (χ1n) is 11.1. The number of carbonyl (C=O) groups is 1. The highest BCUT2D eigenvalue weighted by atomic mass is 32.1. The molecule has 3 heterocycles. The number of amides is 1. The molecule has 1 aliphatic heterocycles. The zero-order chi connectivity index (χ0) is 24.7. The molecule has 4 aromatic rings. The Morgan fingerprint density at radius 2 is 2.06 bits per heavy atom. The number of benzene rings is 2. The average molecular weight is 492 g/mol. The van der Waals surface area contributed by atoms with Gasteiger partial charge in [-0.15, -0.1) is 10.2 Å². The SMILES string of the molecule is C=CCOc1cccc(C2c3c(oc4ccc(F)cc4c3=O)C(=O)N2c2nnc(CC(C)C)s2)c1. The Morgan fingerprint density at radius 3 is 2.83 bits per heavy atom. The van der Waals surface area contributed by atoms with Crippen LogP contribution >= 0.6 is 11.3 Å². The highest BCUT2D eigenvalue weighted by Gasteiger charge is 2.45. The summed E-state index contributed by atoms with van der Waals surface area (Å²) in [4.78, 5) is 28.7. The fourth-order valence-electron chi connectivity index (χ4n) is 4.16. The zero-order valence-corrected chi connectivity index (χ0v) is 20.0. The number of fused-ring (bicyclic) bond motifs is 2. The van der Waals surface area contributed by atoms with Gasteiger partial charge in [0.25, 0.3) is 5.91 Å². The predicted molar refractivity (Wildman–Crippen MR) is 132 cm³/mol. The van der Waals surface area contributed by atoms with Gasteiger partial charge in [0.1, 0.15) is 28.8 Å². The van der Waals surface area contributed by atoms with Crippen molar-refractivity contribution in [3.63, 3.8) is 0 Å². The highest BCUT2D eigenvalue weighted by molar-refractivity contribution is 7.15. The molecule has 1 amide bonds. The van der Waals surface area contributed by atoms with Gasteiger partial charge in [0.05, 0.1) is 17.0 Å². The largest absolute Gasteiger partial charge is 0.490 e. The molecular weight excluding hydrogens is 469 g/mol. The van der Waals surface area contributed by atoms with Crippen LogP contribution in [-0.2, 0) is 6.42 Å². The van der Waals surface area contributed by atoms with Crippen LogP contribution < -0.4 is 15.1 Å². The molecule has 2 aromatic heterocycles. The molecule has 0 saturated heterocycles. The van der Waals surface area contributed by atoms with Gasteiger partial charge in [0.2, 0.25) is 10.9 Å². The second-order valence-electron chi connectivity index (χ2n) is 8.64. The molecule has 178 valence electrons. The van der Waals surface area contributed by atoms with Crippen molar-refractivity contribution in [3.05, 3.63) is 93.1 Å². The number of aromatic nitrogens is 2. The normalized spacial score (nSPS) is 15.1. The molecule has 0 radical (unpaired) electrons. The van der Waals surface area contributed by atoms with Crippen LogP contribution in [0.1, 0.15) is 46.6 Å². The molecule has 0 N–H and O–H groups in total. The Hall–Kier alpha value is -3.85. The molecule has 0 saturated carbocycles. The van der Waals surface area contributed by atoms with Crippen molar-refractivity contribution in [2.45, 2.75) is 26.3 Å². The van der Waals surface area contributed by atoms with Gasteiger partial charge < -0.3 is 9.15 Å². The first kappa shape index (κ1) is 22.9. The molecule has 0 fully saturated rings. The number of anilines is 1. The Bertz CT molecular complexity index is 1510. The predicted octanol–water partition coefficient (Wildman–Crippen LogP) is 5.30. The lowest BCUT2D eigenvalue weighted by molar-refractivity contribution is 0.0970. The first-order valence-corrected chi connectivity index (χ1v) is 11.9. The molecule has 1 aliphatic rings. The molecule has 0 spiro atoms. The fraction of sp³-hybridized carbons (Fsp3) is 0.231. The summed E-state index contributed by atoms with van der Waals surface area (Å²) in [6, 6.07) is 9.94. The minimum atomic E-state index is -0.839. The number of halogens is 1. The molecule has 9 heteroatoms. The number of carbonyl (C=O) groups excluding carboxylic acids is 1. The second-order valence-corrected chi connectivity index (χ2v) is 9.68. The van der Waals surface area contributed by atoms with Gasteiger partial charge in [0.15, 0.2) is 5.43 Å². The van der Waals surface area contributed by atoms with E-state index in [0.717, 1.165) is 11.1 Å². The number of rotatable bonds is 7. The summed E-state index contributed by atoms with van der Waals surface area (Å²) in [6.45, 7) is 8.11. The number of hydrogen-bond donors (Lipinski definition) is 0. The van der Waals surface area contributed by atoms with Gasteiger partial charge in [-0.25, -0.2) is 4.39 Å². The molecule has 7 nitrogen and oxygen atoms in total. The van der Waals surface area contributed by atoms with E-state index in [1.54, 1.807) is 30.3 Å². The lowest BCUT2D eigenvalue weighted by atomic mass is 9.98. The van der Waals surface area contributed by atoms with E-state index in [0.29, 0.717) is 35.4 Å². The van der Waals surface area contributed by atoms with Crippen LogP contribution in [0.3, 0.4) is 0 Å². The van der Waals surface area contributed by atoms with Crippen LogP contribution in [0.25, 0.3) is 11.0 Å². The minimum absolute atomic E-state index is 0.0697. The van der Waals surface area contributed by atoms with E-state index in [9.17, 15) is 14.0 Å². The van der Waals surface area contributed by atoms with E-state index < -0.39 is 23.2 Å². The van der Waals surface area contributed by atoms with Crippen LogP contribution in [0.4, 0.5) is 9.52 Å². The molecule has 0 bridgehead atoms. The number of nitrogens with zero attached hydrogens (tertiary/aromatic N) is 3. The summed E-state index contributed by atoms with van der Waals surface area (Å²) < 4.78 is 25.5. The summed E-state index contributed by atoms with van der Waals surface area (Å²) in [6.07, 6.45) is 2.34. The van der Waals surface area contributed by atoms with Gasteiger partial charge in [-0.05, 0) is 41.8 Å². The smallest absolute Gasteiger partial charge is 0.297 e. The molecule has 1 unspecified atom stereocenters. The maximum atomic E-state index is 14.0. The summed E-state index contributed by atoms with van der Waals surface area (Å²) in [5.41, 5.74) is 0.438. The quantitative estimate of drug-likeness (QED) is 0.326. The monoisotopic (exact) mass is 491 g/mol. The van der Waals surface area contributed by atoms with E-state index in [2.05, 4.69) is 30.6 Å². The maximum Gasteiger partial charge on any atom is 0.297 e. The second kappa shape index (κ2) is 9.07. The van der Waals surface area contributed by atoms with E-state index in [4.69, 9.17) is 9.15 Å². The Morgan fingerprint density at radius 1 is 1.23 bits per heavy atom. The molecule has 0 aliphatic carbocycles. The van der Waals surface area contributed by atoms with E-state index >= 15 is 0 Å². The zero-order valence-electron chi connectivity index (χ0n) is 19.2. The minimum Gasteiger partial charge on any atom is -0.490 e. The van der Waals surface area contributed by atoms with Gasteiger partial charge in [0, 0.05) is 6.42 Å². The number of ether oxygens (including phenoxy) is 1. The summed E-state index contributed by atoms with van der Waals surface area (Å²) in [7, 11) is 0. The van der Waals surface area contributed by atoms with Crippen molar-refractivity contribution < 1.29 is 18.3 Å². The van der Waals surface area contributed by atoms with Crippen LogP contribution in [0.2, 0.25) is 0 Å². The molecule has 5 rings (SSSR count). The van der Waals surface area contributed by atoms with Crippen molar-refractivity contribution in [2.24, 2.45) is 5.92 Å². The van der Waals surface area contributed by atoms with Gasteiger partial charge >= 0.3 is 0 Å². The number of hydrogen-bond acceptors (Lipinski definition) is 7. The van der Waals surface area contributed by atoms with Crippen molar-refractivity contribution in [2.75, 3.05) is 11.5 Å². The maximum absolute atomic E-state index is 14.0. The lowest BCUT2D eigenvalue weighted by Gasteiger charge is -2.22. The van der Waals surface area contributed by atoms with Crippen molar-refractivity contribution >= 4 is 33.3 Å². The molecule has 1 atom stereocenters. The average Bonchev–Trinajstić information content (AvgIpc) is 3.40. The standard InChI is InChI=1S/C26H22FN3O4S/c1-4-10-33-17-7-5-6-15(12-17)22-21-23(31)18-13-16(27)8-9-19(18)34-24(21)25(32)30(22)26-29-28-20(35-26)11-14(2)3/h4-9,12-14,22H,1,10-11H2,2-3H3. The molecular formula is C26H22FN3O4S. The topological polar surface area (TPSA) is 85.5 Å². The summed E-state index contributed by atoms with van der Waals surface area (Å²) >= 11 is 1.30. The van der Waals surface area contributed by atoms with E-state index in [1.165, 1.54) is 28.4 Å². The van der Waals surface area contributed by atoms with Gasteiger partial charge in [-0.1, -0.05) is 50.0 Å². The Kier molecular flexibility index (Phi) is 5.94. The van der Waals surface area contributed by atoms with Crippen molar-refractivity contribution in [3.8, 4) is 5.75 Å². The van der Waals surface area contributed by atoms with Gasteiger partial charge in [-0.2, -0.15) is 0 Å². The van der Waals surface area contributed by atoms with Crippen molar-refractivity contribution in [1.82, 2.24) is 10.2 Å². The van der Waals surface area contributed by atoms with E-state index in [1.807, 2.05) is 0 Å². The van der Waals surface area contributed by atoms with Crippen LogP contribution in [0.15, 0.2) is 64.3 Å².